The van der Waals surface area contributed by atoms with Crippen LogP contribution in [0.15, 0.2) is 42.5 Å². The first-order valence-electron chi connectivity index (χ1n) is 8.34. The lowest BCUT2D eigenvalue weighted by atomic mass is 9.90. The van der Waals surface area contributed by atoms with E-state index in [2.05, 4.69) is 4.90 Å². The summed E-state index contributed by atoms with van der Waals surface area (Å²) < 4.78 is 5.90. The van der Waals surface area contributed by atoms with Gasteiger partial charge in [-0.1, -0.05) is 23.7 Å². The van der Waals surface area contributed by atoms with Crippen LogP contribution in [0.2, 0.25) is 5.02 Å². The van der Waals surface area contributed by atoms with Crippen molar-refractivity contribution in [2.75, 3.05) is 13.1 Å². The van der Waals surface area contributed by atoms with Gasteiger partial charge in [0.25, 0.3) is 0 Å². The van der Waals surface area contributed by atoms with Crippen LogP contribution in [-0.2, 0) is 11.3 Å². The number of carboxylic acids is 1. The second kappa shape index (κ2) is 7.06. The van der Waals surface area contributed by atoms with Crippen molar-refractivity contribution >= 4 is 17.6 Å². The smallest absolute Gasteiger partial charge is 0.310 e. The van der Waals surface area contributed by atoms with Crippen molar-refractivity contribution in [3.8, 4) is 11.5 Å². The van der Waals surface area contributed by atoms with Gasteiger partial charge in [0.15, 0.2) is 0 Å². The molecule has 0 spiro atoms. The molecule has 1 aliphatic rings. The van der Waals surface area contributed by atoms with E-state index in [0.717, 1.165) is 35.7 Å². The highest BCUT2D eigenvalue weighted by Crippen LogP contribution is 2.31. The second-order valence-corrected chi connectivity index (χ2v) is 7.42. The van der Waals surface area contributed by atoms with Crippen molar-refractivity contribution in [1.82, 2.24) is 4.90 Å². The SMILES string of the molecule is Cc1cc(Cl)ccc1Oc1ccc(CN2CCC(C)(C(=O)O)C2)cc1. The molecule has 1 aliphatic heterocycles. The fraction of sp³-hybridized carbons (Fsp3) is 0.350. The van der Waals surface area contributed by atoms with E-state index in [1.807, 2.05) is 56.3 Å². The molecule has 0 saturated carbocycles. The van der Waals surface area contributed by atoms with Crippen molar-refractivity contribution in [2.45, 2.75) is 26.8 Å². The normalized spacial score (nSPS) is 20.6. The summed E-state index contributed by atoms with van der Waals surface area (Å²) in [5.41, 5.74) is 1.51. The zero-order valence-corrected chi connectivity index (χ0v) is 15.2. The summed E-state index contributed by atoms with van der Waals surface area (Å²) >= 11 is 5.96. The average Bonchev–Trinajstić information content (AvgIpc) is 2.94. The average molecular weight is 360 g/mol. The quantitative estimate of drug-likeness (QED) is 0.837. The van der Waals surface area contributed by atoms with Gasteiger partial charge in [0.2, 0.25) is 0 Å². The number of likely N-dealkylation sites (tertiary alicyclic amines) is 1. The Hall–Kier alpha value is -2.04. The Morgan fingerprint density at radius 1 is 1.28 bits per heavy atom. The highest BCUT2D eigenvalue weighted by Gasteiger charge is 2.40. The van der Waals surface area contributed by atoms with Crippen LogP contribution in [0, 0.1) is 12.3 Å². The molecule has 0 bridgehead atoms. The topological polar surface area (TPSA) is 49.8 Å². The lowest BCUT2D eigenvalue weighted by Gasteiger charge is -2.20. The van der Waals surface area contributed by atoms with Crippen LogP contribution in [0.5, 0.6) is 11.5 Å². The summed E-state index contributed by atoms with van der Waals surface area (Å²) in [6, 6.07) is 13.5. The van der Waals surface area contributed by atoms with Gasteiger partial charge in [-0.05, 0) is 68.3 Å². The van der Waals surface area contributed by atoms with Gasteiger partial charge in [-0.2, -0.15) is 0 Å². The van der Waals surface area contributed by atoms with Crippen LogP contribution in [0.4, 0.5) is 0 Å². The van der Waals surface area contributed by atoms with Gasteiger partial charge in [-0.25, -0.2) is 0 Å². The van der Waals surface area contributed by atoms with Gasteiger partial charge < -0.3 is 9.84 Å². The zero-order chi connectivity index (χ0) is 18.0. The first-order chi connectivity index (χ1) is 11.9. The molecule has 0 aromatic heterocycles. The Morgan fingerprint density at radius 2 is 2.00 bits per heavy atom. The predicted molar refractivity (Wildman–Crippen MR) is 98.3 cm³/mol. The fourth-order valence-electron chi connectivity index (χ4n) is 3.14. The van der Waals surface area contributed by atoms with E-state index in [4.69, 9.17) is 16.3 Å². The zero-order valence-electron chi connectivity index (χ0n) is 14.5. The summed E-state index contributed by atoms with van der Waals surface area (Å²) in [7, 11) is 0. The van der Waals surface area contributed by atoms with E-state index in [9.17, 15) is 9.90 Å². The molecule has 132 valence electrons. The largest absolute Gasteiger partial charge is 0.481 e. The Balaban J connectivity index is 1.62. The number of hydrogen-bond donors (Lipinski definition) is 1. The molecule has 5 heteroatoms. The van der Waals surface area contributed by atoms with E-state index < -0.39 is 11.4 Å². The molecule has 2 aromatic rings. The number of rotatable bonds is 5. The first kappa shape index (κ1) is 17.8. The number of benzene rings is 2. The van der Waals surface area contributed by atoms with Crippen molar-refractivity contribution in [2.24, 2.45) is 5.41 Å². The number of nitrogens with zero attached hydrogens (tertiary/aromatic N) is 1. The van der Waals surface area contributed by atoms with Crippen LogP contribution in [0.3, 0.4) is 0 Å². The second-order valence-electron chi connectivity index (χ2n) is 6.98. The minimum Gasteiger partial charge on any atom is -0.481 e. The molecule has 0 aliphatic carbocycles. The lowest BCUT2D eigenvalue weighted by Crippen LogP contribution is -2.31. The van der Waals surface area contributed by atoms with Crippen LogP contribution in [0.25, 0.3) is 0 Å². The minimum absolute atomic E-state index is 0.588. The number of aliphatic carboxylic acids is 1. The molecule has 0 amide bonds. The van der Waals surface area contributed by atoms with Gasteiger partial charge in [0.1, 0.15) is 11.5 Å². The minimum atomic E-state index is -0.711. The summed E-state index contributed by atoms with van der Waals surface area (Å²) in [4.78, 5) is 13.5. The number of carboxylic acid groups (broad SMARTS) is 1. The summed E-state index contributed by atoms with van der Waals surface area (Å²) in [6.07, 6.45) is 0.694. The van der Waals surface area contributed by atoms with E-state index in [1.54, 1.807) is 0 Å². The molecule has 1 heterocycles. The number of halogens is 1. The molecule has 1 fully saturated rings. The van der Waals surface area contributed by atoms with Crippen molar-refractivity contribution in [3.63, 3.8) is 0 Å². The summed E-state index contributed by atoms with van der Waals surface area (Å²) in [5.74, 6) is 0.844. The van der Waals surface area contributed by atoms with E-state index in [0.29, 0.717) is 18.0 Å². The van der Waals surface area contributed by atoms with Crippen LogP contribution >= 0.6 is 11.6 Å². The molecule has 2 aromatic carbocycles. The van der Waals surface area contributed by atoms with Gasteiger partial charge in [-0.3, -0.25) is 9.69 Å². The van der Waals surface area contributed by atoms with Crippen molar-refractivity contribution < 1.29 is 14.6 Å². The molecular weight excluding hydrogens is 338 g/mol. The molecular formula is C20H22ClNO3. The molecule has 3 rings (SSSR count). The van der Waals surface area contributed by atoms with Gasteiger partial charge in [0.05, 0.1) is 5.41 Å². The third-order valence-corrected chi connectivity index (χ3v) is 5.00. The fourth-order valence-corrected chi connectivity index (χ4v) is 3.37. The number of aryl methyl sites for hydroxylation is 1. The molecule has 1 atom stereocenters. The van der Waals surface area contributed by atoms with Gasteiger partial charge >= 0.3 is 5.97 Å². The number of carbonyl (C=O) groups is 1. The molecule has 4 nitrogen and oxygen atoms in total. The molecule has 1 saturated heterocycles. The summed E-state index contributed by atoms with van der Waals surface area (Å²) in [5, 5.41) is 10.0. The van der Waals surface area contributed by atoms with Gasteiger partial charge in [-0.15, -0.1) is 0 Å². The number of ether oxygens (including phenoxy) is 1. The monoisotopic (exact) mass is 359 g/mol. The maximum absolute atomic E-state index is 11.3. The van der Waals surface area contributed by atoms with Crippen molar-refractivity contribution in [3.05, 3.63) is 58.6 Å². The molecule has 1 N–H and O–H groups in total. The lowest BCUT2D eigenvalue weighted by molar-refractivity contribution is -0.147. The molecule has 0 radical (unpaired) electrons. The number of hydrogen-bond acceptors (Lipinski definition) is 3. The Bertz CT molecular complexity index is 775. The predicted octanol–water partition coefficient (Wildman–Crippen LogP) is 4.74. The van der Waals surface area contributed by atoms with Gasteiger partial charge in [0, 0.05) is 18.1 Å². The van der Waals surface area contributed by atoms with Crippen LogP contribution < -0.4 is 4.74 Å². The highest BCUT2D eigenvalue weighted by molar-refractivity contribution is 6.30. The van der Waals surface area contributed by atoms with Crippen molar-refractivity contribution in [1.29, 1.82) is 0 Å². The molecule has 25 heavy (non-hydrogen) atoms. The van der Waals surface area contributed by atoms with Crippen LogP contribution in [-0.4, -0.2) is 29.1 Å². The van der Waals surface area contributed by atoms with Crippen LogP contribution in [0.1, 0.15) is 24.5 Å². The molecule has 1 unspecified atom stereocenters. The summed E-state index contributed by atoms with van der Waals surface area (Å²) in [6.45, 7) is 5.93. The van der Waals surface area contributed by atoms with E-state index >= 15 is 0 Å². The maximum Gasteiger partial charge on any atom is 0.310 e. The third kappa shape index (κ3) is 4.14. The maximum atomic E-state index is 11.3. The Morgan fingerprint density at radius 3 is 2.60 bits per heavy atom. The third-order valence-electron chi connectivity index (χ3n) is 4.76. The van der Waals surface area contributed by atoms with E-state index in [1.165, 1.54) is 0 Å². The standard InChI is InChI=1S/C20H22ClNO3/c1-14-11-16(21)5-8-18(14)25-17-6-3-15(4-7-17)12-22-10-9-20(2,13-22)19(23)24/h3-8,11H,9-10,12-13H2,1-2H3,(H,23,24). The van der Waals surface area contributed by atoms with E-state index in [-0.39, 0.29) is 0 Å². The Labute approximate surface area is 153 Å². The first-order valence-corrected chi connectivity index (χ1v) is 8.72. The Kier molecular flexibility index (Phi) is 5.02. The highest BCUT2D eigenvalue weighted by atomic mass is 35.5.